The van der Waals surface area contributed by atoms with Crippen molar-refractivity contribution in [1.29, 1.82) is 0 Å². The zero-order valence-corrected chi connectivity index (χ0v) is 11.9. The van der Waals surface area contributed by atoms with E-state index in [4.69, 9.17) is 18.0 Å². The fourth-order valence-corrected chi connectivity index (χ4v) is 2.62. The molecule has 0 saturated carbocycles. The molecule has 0 spiro atoms. The summed E-state index contributed by atoms with van der Waals surface area (Å²) in [7, 11) is 0. The van der Waals surface area contributed by atoms with Gasteiger partial charge in [-0.25, -0.2) is 0 Å². The summed E-state index contributed by atoms with van der Waals surface area (Å²) >= 11 is 6.17. The summed E-state index contributed by atoms with van der Waals surface area (Å²) in [5.41, 5.74) is 1.52. The van der Waals surface area contributed by atoms with Crippen LogP contribution in [0.3, 0.4) is 0 Å². The van der Waals surface area contributed by atoms with Crippen LogP contribution >= 0.6 is 11.6 Å². The number of aliphatic hydroxyl groups is 1. The fourth-order valence-electron chi connectivity index (χ4n) is 2.28. The lowest BCUT2D eigenvalue weighted by Gasteiger charge is -2.18. The molecule has 0 radical (unpaired) electrons. The first-order valence-electron chi connectivity index (χ1n) is 6.49. The lowest BCUT2D eigenvalue weighted by atomic mass is 10.1. The van der Waals surface area contributed by atoms with Crippen LogP contribution < -0.4 is 10.6 Å². The third kappa shape index (κ3) is 3.31. The van der Waals surface area contributed by atoms with Gasteiger partial charge in [-0.1, -0.05) is 23.6 Å². The van der Waals surface area contributed by atoms with Crippen molar-refractivity contribution in [3.05, 3.63) is 34.3 Å². The summed E-state index contributed by atoms with van der Waals surface area (Å²) in [5, 5.41) is 15.8. The molecule has 1 amide bonds. The van der Waals surface area contributed by atoms with Gasteiger partial charge in [-0.05, 0) is 31.0 Å². The average Bonchev–Trinajstić information content (AvgIpc) is 2.85. The van der Waals surface area contributed by atoms with Crippen molar-refractivity contribution in [2.45, 2.75) is 31.5 Å². The molecule has 4 nitrogen and oxygen atoms in total. The Labute approximate surface area is 123 Å². The van der Waals surface area contributed by atoms with Gasteiger partial charge in [0.1, 0.15) is 0 Å². The van der Waals surface area contributed by atoms with Crippen molar-refractivity contribution in [2.75, 3.05) is 6.54 Å². The Hall–Kier alpha value is -1.54. The molecule has 20 heavy (non-hydrogen) atoms. The van der Waals surface area contributed by atoms with E-state index in [0.717, 1.165) is 5.56 Å². The maximum Gasteiger partial charge on any atom is 0.237 e. The molecule has 1 aliphatic rings. The summed E-state index contributed by atoms with van der Waals surface area (Å²) in [6.07, 6.45) is 5.29. The number of nitrogens with one attached hydrogen (secondary N) is 2. The van der Waals surface area contributed by atoms with E-state index in [1.54, 1.807) is 12.1 Å². The van der Waals surface area contributed by atoms with Gasteiger partial charge in [0.2, 0.25) is 5.91 Å². The SMILES string of the molecule is C#Cc1ccc(C(C)NC(=O)[C@@H]2C[C@@H](O)CN2)c(Cl)c1. The minimum Gasteiger partial charge on any atom is -0.392 e. The number of carbonyl (C=O) groups is 1. The lowest BCUT2D eigenvalue weighted by Crippen LogP contribution is -2.41. The van der Waals surface area contributed by atoms with Crippen molar-refractivity contribution in [3.8, 4) is 12.3 Å². The second-order valence-corrected chi connectivity index (χ2v) is 5.37. The molecule has 5 heteroatoms. The van der Waals surface area contributed by atoms with Gasteiger partial charge in [0.15, 0.2) is 0 Å². The van der Waals surface area contributed by atoms with Crippen molar-refractivity contribution >= 4 is 17.5 Å². The maximum atomic E-state index is 12.0. The van der Waals surface area contributed by atoms with Gasteiger partial charge in [0.25, 0.3) is 0 Å². The predicted octanol–water partition coefficient (Wildman–Crippen LogP) is 1.22. The number of hydrogen-bond acceptors (Lipinski definition) is 3. The number of β-amino-alcohol motifs (C(OH)–C–C–N with tert-alkyl or cyclic N) is 1. The number of hydrogen-bond donors (Lipinski definition) is 3. The highest BCUT2D eigenvalue weighted by Gasteiger charge is 2.29. The van der Waals surface area contributed by atoms with Gasteiger partial charge >= 0.3 is 0 Å². The predicted molar refractivity (Wildman–Crippen MR) is 78.4 cm³/mol. The molecule has 1 unspecified atom stereocenters. The van der Waals surface area contributed by atoms with E-state index in [1.807, 2.05) is 13.0 Å². The van der Waals surface area contributed by atoms with Crippen LogP contribution in [0.4, 0.5) is 0 Å². The molecule has 0 aromatic heterocycles. The van der Waals surface area contributed by atoms with Crippen LogP contribution in [0.1, 0.15) is 30.5 Å². The summed E-state index contributed by atoms with van der Waals surface area (Å²) in [4.78, 5) is 12.0. The second kappa shape index (κ2) is 6.27. The Morgan fingerprint density at radius 3 is 2.95 bits per heavy atom. The normalized spacial score (nSPS) is 23.1. The van der Waals surface area contributed by atoms with Gasteiger partial charge in [0, 0.05) is 17.1 Å². The third-order valence-corrected chi connectivity index (χ3v) is 3.74. The molecular weight excluding hydrogens is 276 g/mol. The minimum absolute atomic E-state index is 0.133. The number of terminal acetylenes is 1. The van der Waals surface area contributed by atoms with Gasteiger partial charge in [0.05, 0.1) is 18.2 Å². The van der Waals surface area contributed by atoms with E-state index in [0.29, 0.717) is 23.6 Å². The largest absolute Gasteiger partial charge is 0.392 e. The second-order valence-electron chi connectivity index (χ2n) is 4.96. The third-order valence-electron chi connectivity index (χ3n) is 3.42. The zero-order chi connectivity index (χ0) is 14.7. The Morgan fingerprint density at radius 1 is 1.65 bits per heavy atom. The molecule has 1 heterocycles. The quantitative estimate of drug-likeness (QED) is 0.734. The highest BCUT2D eigenvalue weighted by Crippen LogP contribution is 2.24. The van der Waals surface area contributed by atoms with E-state index in [9.17, 15) is 9.90 Å². The van der Waals surface area contributed by atoms with Crippen LogP contribution in [0.2, 0.25) is 5.02 Å². The molecule has 1 saturated heterocycles. The van der Waals surface area contributed by atoms with Crippen molar-refractivity contribution in [3.63, 3.8) is 0 Å². The monoisotopic (exact) mass is 292 g/mol. The van der Waals surface area contributed by atoms with E-state index < -0.39 is 6.10 Å². The van der Waals surface area contributed by atoms with Gasteiger partial charge < -0.3 is 15.7 Å². The van der Waals surface area contributed by atoms with Crippen LogP contribution in [0.15, 0.2) is 18.2 Å². The molecule has 0 aliphatic carbocycles. The Balaban J connectivity index is 2.03. The first-order valence-corrected chi connectivity index (χ1v) is 6.87. The van der Waals surface area contributed by atoms with E-state index in [-0.39, 0.29) is 18.0 Å². The Morgan fingerprint density at radius 2 is 2.40 bits per heavy atom. The maximum absolute atomic E-state index is 12.0. The summed E-state index contributed by atoms with van der Waals surface area (Å²) in [6.45, 7) is 2.31. The highest BCUT2D eigenvalue weighted by molar-refractivity contribution is 6.31. The minimum atomic E-state index is -0.459. The molecule has 1 aliphatic heterocycles. The summed E-state index contributed by atoms with van der Waals surface area (Å²) < 4.78 is 0. The summed E-state index contributed by atoms with van der Waals surface area (Å²) in [6, 6.07) is 4.75. The van der Waals surface area contributed by atoms with Crippen molar-refractivity contribution in [2.24, 2.45) is 0 Å². The fraction of sp³-hybridized carbons (Fsp3) is 0.400. The first kappa shape index (κ1) is 14.9. The molecule has 3 atom stereocenters. The molecule has 0 bridgehead atoms. The Bertz CT molecular complexity index is 553. The van der Waals surface area contributed by atoms with Crippen molar-refractivity contribution < 1.29 is 9.90 Å². The van der Waals surface area contributed by atoms with Crippen LogP contribution in [0.25, 0.3) is 0 Å². The van der Waals surface area contributed by atoms with E-state index in [2.05, 4.69) is 16.6 Å². The molecule has 1 aromatic rings. The van der Waals surface area contributed by atoms with Crippen LogP contribution in [-0.2, 0) is 4.79 Å². The number of halogens is 1. The van der Waals surface area contributed by atoms with E-state index in [1.165, 1.54) is 0 Å². The zero-order valence-electron chi connectivity index (χ0n) is 11.2. The molecular formula is C15H17ClN2O2. The van der Waals surface area contributed by atoms with Crippen molar-refractivity contribution in [1.82, 2.24) is 10.6 Å². The molecule has 106 valence electrons. The molecule has 1 aromatic carbocycles. The van der Waals surface area contributed by atoms with Gasteiger partial charge in [-0.15, -0.1) is 6.42 Å². The number of benzene rings is 1. The number of aliphatic hydroxyl groups excluding tert-OH is 1. The molecule has 2 rings (SSSR count). The number of carbonyl (C=O) groups excluding carboxylic acids is 1. The van der Waals surface area contributed by atoms with Gasteiger partial charge in [-0.2, -0.15) is 0 Å². The highest BCUT2D eigenvalue weighted by atomic mass is 35.5. The molecule has 3 N–H and O–H groups in total. The van der Waals surface area contributed by atoms with E-state index >= 15 is 0 Å². The smallest absolute Gasteiger partial charge is 0.237 e. The lowest BCUT2D eigenvalue weighted by molar-refractivity contribution is -0.123. The topological polar surface area (TPSA) is 61.4 Å². The summed E-state index contributed by atoms with van der Waals surface area (Å²) in [5.74, 6) is 2.38. The first-order chi connectivity index (χ1) is 9.51. The van der Waals surface area contributed by atoms with Gasteiger partial charge in [-0.3, -0.25) is 4.79 Å². The number of rotatable bonds is 3. The number of amides is 1. The van der Waals surface area contributed by atoms with Crippen LogP contribution in [0, 0.1) is 12.3 Å². The van der Waals surface area contributed by atoms with Crippen LogP contribution in [-0.4, -0.2) is 29.7 Å². The molecule has 1 fully saturated rings. The van der Waals surface area contributed by atoms with Crippen LogP contribution in [0.5, 0.6) is 0 Å². The standard InChI is InChI=1S/C15H17ClN2O2/c1-3-10-4-5-12(13(16)6-10)9(2)18-15(20)14-7-11(19)8-17-14/h1,4-6,9,11,14,17,19H,7-8H2,2H3,(H,18,20)/t9?,11-,14+/m1/s1. The average molecular weight is 293 g/mol. The Kier molecular flexibility index (Phi) is 4.66.